The molecule has 0 atom stereocenters. The maximum atomic E-state index is 7.35. The van der Waals surface area contributed by atoms with E-state index in [2.05, 4.69) is 134 Å². The van der Waals surface area contributed by atoms with Crippen molar-refractivity contribution in [1.29, 1.82) is 0 Å². The number of nitrogens with zero attached hydrogens (tertiary/aromatic N) is 3. The van der Waals surface area contributed by atoms with Crippen LogP contribution in [0.1, 0.15) is 20.8 Å². The molecule has 3 aromatic heterocycles. The molecule has 9 aromatic rings. The molecule has 6 aromatic carbocycles. The molecule has 0 N–H and O–H groups in total. The van der Waals surface area contributed by atoms with E-state index in [1.165, 1.54) is 33.5 Å². The Morgan fingerprint density at radius 3 is 2.19 bits per heavy atom. The van der Waals surface area contributed by atoms with E-state index >= 15 is 0 Å². The van der Waals surface area contributed by atoms with Gasteiger partial charge in [0.1, 0.15) is 5.58 Å². The van der Waals surface area contributed by atoms with Gasteiger partial charge in [0.2, 0.25) is 0 Å². The van der Waals surface area contributed by atoms with E-state index in [1.54, 1.807) is 12.1 Å². The number of rotatable bonds is 5. The second kappa shape index (κ2) is 15.2. The molecule has 0 aliphatic heterocycles. The summed E-state index contributed by atoms with van der Waals surface area (Å²) < 4.78 is 30.7. The average Bonchev–Trinajstić information content (AvgIpc) is 3.77. The van der Waals surface area contributed by atoms with Gasteiger partial charge in [-0.25, -0.2) is 0 Å². The molecule has 269 valence electrons. The van der Waals surface area contributed by atoms with E-state index in [0.717, 1.165) is 61.3 Å². The van der Waals surface area contributed by atoms with Gasteiger partial charge in [0.05, 0.1) is 30.5 Å². The van der Waals surface area contributed by atoms with Crippen molar-refractivity contribution in [2.45, 2.75) is 40.3 Å². The molecule has 0 saturated heterocycles. The Bertz CT molecular complexity index is 2760. The Morgan fingerprint density at radius 1 is 0.741 bits per heavy atom. The molecule has 0 spiro atoms. The molecule has 4 nitrogen and oxygen atoms in total. The fourth-order valence-corrected chi connectivity index (χ4v) is 8.00. The van der Waals surface area contributed by atoms with Gasteiger partial charge in [-0.05, 0) is 77.3 Å². The molecule has 0 unspecified atom stereocenters. The molecule has 0 amide bonds. The monoisotopic (exact) mass is 899 g/mol. The number of hydrogen-bond acceptors (Lipinski definition) is 3. The number of hydrogen-bond donors (Lipinski definition) is 0. The molecule has 0 aliphatic carbocycles. The third-order valence-corrected chi connectivity index (χ3v) is 11.7. The molecule has 0 aliphatic rings. The quantitative estimate of drug-likeness (QED) is 0.128. The first-order valence-corrected chi connectivity index (χ1v) is 21.3. The Balaban J connectivity index is 0.000000202. The van der Waals surface area contributed by atoms with E-state index in [0.29, 0.717) is 5.56 Å². The van der Waals surface area contributed by atoms with E-state index in [9.17, 15) is 0 Å². The second-order valence-corrected chi connectivity index (χ2v) is 19.5. The minimum atomic E-state index is -2.08. The fraction of sp³-hybridized carbons (Fsp3) is 0.125. The van der Waals surface area contributed by atoms with Crippen LogP contribution in [0.5, 0.6) is 0 Å². The normalized spacial score (nSPS) is 12.4. The van der Waals surface area contributed by atoms with Crippen LogP contribution in [0.3, 0.4) is 0 Å². The number of pyridine rings is 1. The molecule has 0 bridgehead atoms. The van der Waals surface area contributed by atoms with Crippen molar-refractivity contribution in [2.75, 3.05) is 0 Å². The van der Waals surface area contributed by atoms with Gasteiger partial charge in [0.15, 0.2) is 0 Å². The predicted octanol–water partition coefficient (Wildman–Crippen LogP) is 12.1. The Hall–Kier alpha value is -5.39. The molecule has 3 heterocycles. The fourth-order valence-electron chi connectivity index (χ4n) is 6.96. The number of imidazole rings is 1. The van der Waals surface area contributed by atoms with E-state index in [1.807, 2.05) is 42.6 Å². The van der Waals surface area contributed by atoms with Gasteiger partial charge in [-0.15, -0.1) is 53.6 Å². The van der Waals surface area contributed by atoms with Crippen molar-refractivity contribution < 1.29 is 28.6 Å². The van der Waals surface area contributed by atoms with Crippen LogP contribution < -0.4 is 5.19 Å². The number of aryl methyl sites for hydroxylation is 3. The van der Waals surface area contributed by atoms with Crippen molar-refractivity contribution in [3.8, 4) is 39.5 Å². The van der Waals surface area contributed by atoms with Crippen LogP contribution in [0.15, 0.2) is 144 Å². The number of para-hydroxylation sites is 3. The predicted molar refractivity (Wildman–Crippen MR) is 224 cm³/mol. The second-order valence-electron chi connectivity index (χ2n) is 14.5. The smallest absolute Gasteiger partial charge is 0.120 e. The van der Waals surface area contributed by atoms with Crippen LogP contribution in [0.4, 0.5) is 0 Å². The minimum absolute atomic E-state index is 0. The van der Waals surface area contributed by atoms with Gasteiger partial charge in [-0.3, -0.25) is 4.98 Å². The van der Waals surface area contributed by atoms with Gasteiger partial charge in [-0.1, -0.05) is 110 Å². The molecular weight excluding hydrogens is 855 g/mol. The number of aromatic nitrogens is 3. The first-order valence-electron chi connectivity index (χ1n) is 19.3. The zero-order valence-corrected chi connectivity index (χ0v) is 34.3. The summed E-state index contributed by atoms with van der Waals surface area (Å²) in [6.45, 7) is 9.12. The Labute approximate surface area is 336 Å². The van der Waals surface area contributed by atoms with Crippen LogP contribution >= 0.6 is 0 Å². The summed E-state index contributed by atoms with van der Waals surface area (Å²) in [4.78, 5) is 9.58. The molecule has 0 saturated carbocycles. The maximum absolute atomic E-state index is 7.35. The number of benzene rings is 6. The molecule has 0 fully saturated rings. The van der Waals surface area contributed by atoms with Crippen molar-refractivity contribution in [3.63, 3.8) is 0 Å². The average molecular weight is 899 g/mol. The molecule has 1 radical (unpaired) electrons. The van der Waals surface area contributed by atoms with Gasteiger partial charge < -0.3 is 14.0 Å². The van der Waals surface area contributed by atoms with E-state index in [4.69, 9.17) is 13.5 Å². The van der Waals surface area contributed by atoms with Gasteiger partial charge >= 0.3 is 0 Å². The van der Waals surface area contributed by atoms with E-state index in [-0.39, 0.29) is 20.1 Å². The van der Waals surface area contributed by atoms with Gasteiger partial charge in [0, 0.05) is 41.5 Å². The first-order chi connectivity index (χ1) is 26.9. The molecule has 9 rings (SSSR count). The summed E-state index contributed by atoms with van der Waals surface area (Å²) in [6.07, 6.45) is 1.92. The third-order valence-electron chi connectivity index (χ3n) is 9.66. The van der Waals surface area contributed by atoms with Crippen LogP contribution in [0.2, 0.25) is 19.6 Å². The van der Waals surface area contributed by atoms with Crippen molar-refractivity contribution >= 4 is 46.2 Å². The summed E-state index contributed by atoms with van der Waals surface area (Å²) >= 11 is 0. The minimum Gasteiger partial charge on any atom is -0.501 e. The topological polar surface area (TPSA) is 43.9 Å². The van der Waals surface area contributed by atoms with Crippen molar-refractivity contribution in [2.24, 2.45) is 0 Å². The van der Waals surface area contributed by atoms with Crippen LogP contribution in [0, 0.1) is 32.8 Å². The summed E-state index contributed by atoms with van der Waals surface area (Å²) in [5.41, 5.74) is 12.5. The Kier molecular flexibility index (Phi) is 9.32. The first kappa shape index (κ1) is 33.2. The van der Waals surface area contributed by atoms with Crippen LogP contribution in [-0.2, 0) is 20.1 Å². The largest absolute Gasteiger partial charge is 0.501 e. The number of furan rings is 1. The zero-order chi connectivity index (χ0) is 39.2. The summed E-state index contributed by atoms with van der Waals surface area (Å²) in [5, 5.41) is 3.48. The summed E-state index contributed by atoms with van der Waals surface area (Å²) in [5.74, 6) is 0.833. The van der Waals surface area contributed by atoms with E-state index < -0.39 is 14.9 Å². The van der Waals surface area contributed by atoms with Crippen LogP contribution in [-0.4, -0.2) is 22.6 Å². The summed E-state index contributed by atoms with van der Waals surface area (Å²) in [6, 6.07) is 51.0. The molecule has 6 heteroatoms. The van der Waals surface area contributed by atoms with Crippen LogP contribution in [0.25, 0.3) is 72.4 Å². The van der Waals surface area contributed by atoms with Crippen molar-refractivity contribution in [3.05, 3.63) is 168 Å². The Morgan fingerprint density at radius 2 is 1.48 bits per heavy atom. The van der Waals surface area contributed by atoms with Crippen molar-refractivity contribution in [1.82, 2.24) is 14.5 Å². The number of fused-ring (bicyclic) bond motifs is 4. The standard InChI is InChI=1S/C33H23N2O.C15H18NSi.Ir/c1-21-19-24(23-11-4-3-5-12-23)20-22(2)31(21)35-29-17-8-7-16-28(29)34-33(35)27-15-10-14-26-25-13-6-9-18-30(25)36-32(26)27;1-12-5-7-13(8-6-12)15-10-9-14(11-16-15)17(2,3)4;/h3-14,16-20H,1-2H3;5-7,9-11H,1-4H3;/q2*-1;/i;1D3;. The molecular formula is C48H41IrN3OSi-2. The zero-order valence-electron chi connectivity index (χ0n) is 33.9. The SMILES string of the molecule is Cc1cc(-c2ccccc2)cc(C)c1-n1c(-c2[c-]ccc3c2oc2ccccc23)nc2ccccc21.[2H]C([2H])([2H])c1c[c-]c(-c2ccc([Si](C)(C)C)cn2)cc1.[Ir]. The van der Waals surface area contributed by atoms with Gasteiger partial charge in [0.25, 0.3) is 0 Å². The van der Waals surface area contributed by atoms with Gasteiger partial charge in [-0.2, -0.15) is 0 Å². The maximum Gasteiger partial charge on any atom is 0.120 e. The molecule has 54 heavy (non-hydrogen) atoms. The summed E-state index contributed by atoms with van der Waals surface area (Å²) in [7, 11) is -1.34. The third kappa shape index (κ3) is 7.13.